The molecule has 0 aliphatic carbocycles. The largest absolute Gasteiger partial charge is 0.148 e. The summed E-state index contributed by atoms with van der Waals surface area (Å²) in [6, 6.07) is 0. The molecule has 0 spiro atoms. The van der Waals surface area contributed by atoms with Crippen molar-refractivity contribution in [1.29, 1.82) is 0 Å². The van der Waals surface area contributed by atoms with Gasteiger partial charge >= 0.3 is 0 Å². The van der Waals surface area contributed by atoms with E-state index in [-0.39, 0.29) is 0 Å². The first-order valence-corrected chi connectivity index (χ1v) is 12.4. The van der Waals surface area contributed by atoms with Crippen molar-refractivity contribution in [2.45, 2.75) is 73.4 Å². The fraction of sp³-hybridized carbons (Fsp3) is 1.00. The smallest absolute Gasteiger partial charge is 0.0611 e. The molecule has 2 rings (SSSR count). The fourth-order valence-corrected chi connectivity index (χ4v) is 9.19. The van der Waals surface area contributed by atoms with Gasteiger partial charge in [0, 0.05) is 0 Å². The Labute approximate surface area is 143 Å². The average molecular weight is 351 g/mol. The van der Waals surface area contributed by atoms with Crippen LogP contribution in [0.15, 0.2) is 0 Å². The molecule has 0 radical (unpaired) electrons. The zero-order valence-corrected chi connectivity index (χ0v) is 16.2. The van der Waals surface area contributed by atoms with Crippen molar-refractivity contribution in [1.82, 2.24) is 0 Å². The SMILES string of the molecule is CCCCCCC1(CCC2SCCCS2)SCCCS1. The van der Waals surface area contributed by atoms with E-state index in [4.69, 9.17) is 0 Å². The third kappa shape index (κ3) is 6.26. The minimum Gasteiger partial charge on any atom is -0.148 e. The fourth-order valence-electron chi connectivity index (χ4n) is 2.89. The Morgan fingerprint density at radius 1 is 0.850 bits per heavy atom. The van der Waals surface area contributed by atoms with Gasteiger partial charge in [-0.3, -0.25) is 0 Å². The quantitative estimate of drug-likeness (QED) is 0.458. The molecule has 4 heteroatoms. The summed E-state index contributed by atoms with van der Waals surface area (Å²) in [4.78, 5) is 0. The predicted octanol–water partition coefficient (Wildman–Crippen LogP) is 6.50. The van der Waals surface area contributed by atoms with Crippen molar-refractivity contribution in [3.8, 4) is 0 Å². The van der Waals surface area contributed by atoms with Crippen molar-refractivity contribution < 1.29 is 0 Å². The summed E-state index contributed by atoms with van der Waals surface area (Å²) in [5.41, 5.74) is 0. The second-order valence-corrected chi connectivity index (χ2v) is 12.0. The molecule has 2 heterocycles. The van der Waals surface area contributed by atoms with Gasteiger partial charge in [0.2, 0.25) is 0 Å². The highest BCUT2D eigenvalue weighted by atomic mass is 32.2. The Hall–Kier alpha value is 1.40. The first-order chi connectivity index (χ1) is 9.85. The molecule has 2 aliphatic heterocycles. The van der Waals surface area contributed by atoms with Crippen molar-refractivity contribution in [3.63, 3.8) is 0 Å². The van der Waals surface area contributed by atoms with Crippen LogP contribution in [-0.2, 0) is 0 Å². The molecule has 2 saturated heterocycles. The summed E-state index contributed by atoms with van der Waals surface area (Å²) >= 11 is 9.06. The van der Waals surface area contributed by atoms with Gasteiger partial charge in [-0.2, -0.15) is 0 Å². The zero-order chi connectivity index (χ0) is 14.1. The summed E-state index contributed by atoms with van der Waals surface area (Å²) < 4.78 is 1.49. The van der Waals surface area contributed by atoms with Gasteiger partial charge < -0.3 is 0 Å². The molecule has 118 valence electrons. The van der Waals surface area contributed by atoms with E-state index in [1.807, 2.05) is 0 Å². The van der Waals surface area contributed by atoms with Crippen LogP contribution in [0, 0.1) is 0 Å². The third-order valence-corrected chi connectivity index (χ3v) is 10.7. The van der Waals surface area contributed by atoms with Gasteiger partial charge in [-0.1, -0.05) is 32.6 Å². The number of rotatable bonds is 8. The van der Waals surface area contributed by atoms with Gasteiger partial charge in [-0.15, -0.1) is 47.0 Å². The Morgan fingerprint density at radius 3 is 2.25 bits per heavy atom. The van der Waals surface area contributed by atoms with E-state index in [9.17, 15) is 0 Å². The highest BCUT2D eigenvalue weighted by Crippen LogP contribution is 2.50. The molecule has 0 aromatic rings. The molecule has 2 aliphatic rings. The molecule has 0 aromatic heterocycles. The molecule has 0 nitrogen and oxygen atoms in total. The molecule has 0 unspecified atom stereocenters. The van der Waals surface area contributed by atoms with Crippen LogP contribution >= 0.6 is 47.0 Å². The minimum atomic E-state index is 0.588. The Morgan fingerprint density at radius 2 is 1.55 bits per heavy atom. The van der Waals surface area contributed by atoms with E-state index in [1.54, 1.807) is 0 Å². The van der Waals surface area contributed by atoms with Crippen molar-refractivity contribution in [3.05, 3.63) is 0 Å². The lowest BCUT2D eigenvalue weighted by molar-refractivity contribution is 0.568. The molecular weight excluding hydrogens is 320 g/mol. The van der Waals surface area contributed by atoms with Crippen LogP contribution in [-0.4, -0.2) is 31.7 Å². The van der Waals surface area contributed by atoms with Crippen LogP contribution in [0.3, 0.4) is 0 Å². The first-order valence-electron chi connectivity index (χ1n) is 8.36. The average Bonchev–Trinajstić information content (AvgIpc) is 2.52. The van der Waals surface area contributed by atoms with E-state index in [0.29, 0.717) is 4.08 Å². The second kappa shape index (κ2) is 10.2. The van der Waals surface area contributed by atoms with E-state index in [1.165, 1.54) is 80.8 Å². The van der Waals surface area contributed by atoms with Gasteiger partial charge in [0.1, 0.15) is 0 Å². The van der Waals surface area contributed by atoms with Crippen molar-refractivity contribution >= 4 is 47.0 Å². The summed E-state index contributed by atoms with van der Waals surface area (Å²) in [5.74, 6) is 5.63. The monoisotopic (exact) mass is 350 g/mol. The van der Waals surface area contributed by atoms with E-state index in [2.05, 4.69) is 54.0 Å². The lowest BCUT2D eigenvalue weighted by Gasteiger charge is -2.37. The van der Waals surface area contributed by atoms with Crippen LogP contribution in [0.2, 0.25) is 0 Å². The summed E-state index contributed by atoms with van der Waals surface area (Å²) in [6.07, 6.45) is 12.9. The maximum absolute atomic E-state index is 2.32. The van der Waals surface area contributed by atoms with Gasteiger partial charge in [0.05, 0.1) is 8.66 Å². The molecule has 0 saturated carbocycles. The topological polar surface area (TPSA) is 0 Å². The maximum atomic E-state index is 2.32. The summed E-state index contributed by atoms with van der Waals surface area (Å²) in [7, 11) is 0. The molecule has 0 amide bonds. The van der Waals surface area contributed by atoms with Crippen LogP contribution < -0.4 is 0 Å². The van der Waals surface area contributed by atoms with Crippen LogP contribution in [0.25, 0.3) is 0 Å². The van der Waals surface area contributed by atoms with Crippen LogP contribution in [0.5, 0.6) is 0 Å². The minimum absolute atomic E-state index is 0.588. The Bertz CT molecular complexity index is 245. The number of thioether (sulfide) groups is 4. The summed E-state index contributed by atoms with van der Waals surface area (Å²) in [6.45, 7) is 2.32. The standard InChI is InChI=1S/C16H30S4/c1-2-3-4-5-9-16(19-13-7-14-20-16)10-8-15-17-11-6-12-18-15/h15H,2-14H2,1H3. The third-order valence-electron chi connectivity index (χ3n) is 4.09. The normalized spacial score (nSPS) is 23.9. The van der Waals surface area contributed by atoms with Crippen molar-refractivity contribution in [2.75, 3.05) is 23.0 Å². The lowest BCUT2D eigenvalue weighted by Crippen LogP contribution is -2.26. The highest BCUT2D eigenvalue weighted by molar-refractivity contribution is 8.19. The number of hydrogen-bond donors (Lipinski definition) is 0. The van der Waals surface area contributed by atoms with Crippen LogP contribution in [0.4, 0.5) is 0 Å². The predicted molar refractivity (Wildman–Crippen MR) is 104 cm³/mol. The highest BCUT2D eigenvalue weighted by Gasteiger charge is 2.33. The van der Waals surface area contributed by atoms with Gasteiger partial charge in [-0.25, -0.2) is 0 Å². The van der Waals surface area contributed by atoms with Gasteiger partial charge in [0.25, 0.3) is 0 Å². The van der Waals surface area contributed by atoms with E-state index < -0.39 is 0 Å². The van der Waals surface area contributed by atoms with Gasteiger partial charge in [-0.05, 0) is 55.1 Å². The summed E-state index contributed by atoms with van der Waals surface area (Å²) in [5, 5.41) is 0. The first kappa shape index (κ1) is 17.7. The molecule has 0 atom stereocenters. The molecular formula is C16H30S4. The molecule has 0 bridgehead atoms. The molecule has 0 aromatic carbocycles. The maximum Gasteiger partial charge on any atom is 0.0611 e. The van der Waals surface area contributed by atoms with Crippen LogP contribution in [0.1, 0.15) is 64.7 Å². The lowest BCUT2D eigenvalue weighted by atomic mass is 10.1. The number of hydrogen-bond acceptors (Lipinski definition) is 4. The molecule has 0 N–H and O–H groups in total. The van der Waals surface area contributed by atoms with Crippen molar-refractivity contribution in [2.24, 2.45) is 0 Å². The Kier molecular flexibility index (Phi) is 9.08. The van der Waals surface area contributed by atoms with Gasteiger partial charge in [0.15, 0.2) is 0 Å². The number of unbranched alkanes of at least 4 members (excludes halogenated alkanes) is 3. The zero-order valence-electron chi connectivity index (χ0n) is 12.9. The molecule has 20 heavy (non-hydrogen) atoms. The van der Waals surface area contributed by atoms with E-state index in [0.717, 1.165) is 4.58 Å². The Balaban J connectivity index is 1.75. The second-order valence-electron chi connectivity index (χ2n) is 5.84. The van der Waals surface area contributed by atoms with E-state index >= 15 is 0 Å². The molecule has 2 fully saturated rings.